The van der Waals surface area contributed by atoms with E-state index >= 15 is 0 Å². The van der Waals surface area contributed by atoms with Crippen LogP contribution in [0.4, 0.5) is 0 Å². The Hall–Kier alpha value is -1.11. The van der Waals surface area contributed by atoms with Crippen LogP contribution in [0.3, 0.4) is 0 Å². The Morgan fingerprint density at radius 2 is 1.86 bits per heavy atom. The van der Waals surface area contributed by atoms with Gasteiger partial charge in [-0.1, -0.05) is 12.1 Å². The van der Waals surface area contributed by atoms with Crippen LogP contribution in [-0.2, 0) is 16.4 Å². The highest BCUT2D eigenvalue weighted by molar-refractivity contribution is 7.89. The molecule has 5 nitrogen and oxygen atoms in total. The second kappa shape index (κ2) is 7.94. The number of primary sulfonamides is 1. The van der Waals surface area contributed by atoms with Crippen molar-refractivity contribution < 1.29 is 13.2 Å². The van der Waals surface area contributed by atoms with Crippen LogP contribution in [0, 0.1) is 5.92 Å². The third kappa shape index (κ3) is 5.94. The highest BCUT2D eigenvalue weighted by Crippen LogP contribution is 2.23. The predicted octanol–water partition coefficient (Wildman–Crippen LogP) is 1.63. The van der Waals surface area contributed by atoms with Gasteiger partial charge in [-0.3, -0.25) is 0 Å². The first kappa shape index (κ1) is 17.2. The molecule has 0 aliphatic carbocycles. The summed E-state index contributed by atoms with van der Waals surface area (Å²) in [6, 6.07) is 8.26. The van der Waals surface area contributed by atoms with Gasteiger partial charge in [0.15, 0.2) is 0 Å². The first-order valence-electron chi connectivity index (χ1n) is 7.82. The van der Waals surface area contributed by atoms with Gasteiger partial charge in [-0.25, -0.2) is 13.6 Å². The highest BCUT2D eigenvalue weighted by atomic mass is 32.2. The van der Waals surface area contributed by atoms with Crippen molar-refractivity contribution in [1.29, 1.82) is 0 Å². The van der Waals surface area contributed by atoms with Crippen LogP contribution in [0.15, 0.2) is 24.3 Å². The molecule has 22 heavy (non-hydrogen) atoms. The number of rotatable bonds is 7. The number of nitrogens with two attached hydrogens (primary N) is 1. The highest BCUT2D eigenvalue weighted by Gasteiger charge is 2.19. The fourth-order valence-electron chi connectivity index (χ4n) is 2.92. The molecular weight excluding hydrogens is 300 g/mol. The Labute approximate surface area is 133 Å². The molecule has 0 unspecified atom stereocenters. The lowest BCUT2D eigenvalue weighted by Gasteiger charge is -2.31. The summed E-state index contributed by atoms with van der Waals surface area (Å²) in [4.78, 5) is 2.20. The molecule has 2 rings (SSSR count). The number of piperidine rings is 1. The molecule has 1 aromatic carbocycles. The van der Waals surface area contributed by atoms with E-state index in [0.29, 0.717) is 6.54 Å². The van der Waals surface area contributed by atoms with E-state index in [-0.39, 0.29) is 5.75 Å². The van der Waals surface area contributed by atoms with Gasteiger partial charge < -0.3 is 9.64 Å². The standard InChI is InChI=1S/C16H26N2O3S/c1-21-16-6-4-14(5-7-16)2-3-15-8-10-18(11-9-15)12-13-22(17,19)20/h4-7,15H,2-3,8-13H2,1H3,(H2,17,19,20). The Morgan fingerprint density at radius 3 is 2.41 bits per heavy atom. The molecule has 1 aliphatic rings. The van der Waals surface area contributed by atoms with Crippen LogP contribution < -0.4 is 9.88 Å². The zero-order chi connectivity index (χ0) is 16.0. The van der Waals surface area contributed by atoms with Crippen LogP contribution in [0.2, 0.25) is 0 Å². The molecule has 1 heterocycles. The second-order valence-corrected chi connectivity index (χ2v) is 7.77. The monoisotopic (exact) mass is 326 g/mol. The summed E-state index contributed by atoms with van der Waals surface area (Å²) in [5.41, 5.74) is 1.34. The summed E-state index contributed by atoms with van der Waals surface area (Å²) >= 11 is 0. The Balaban J connectivity index is 1.68. The predicted molar refractivity (Wildman–Crippen MR) is 88.5 cm³/mol. The third-order valence-electron chi connectivity index (χ3n) is 4.40. The van der Waals surface area contributed by atoms with Crippen LogP contribution in [-0.4, -0.2) is 45.8 Å². The number of likely N-dealkylation sites (tertiary alicyclic amines) is 1. The van der Waals surface area contributed by atoms with E-state index in [0.717, 1.165) is 44.0 Å². The van der Waals surface area contributed by atoms with Gasteiger partial charge in [-0.15, -0.1) is 0 Å². The summed E-state index contributed by atoms with van der Waals surface area (Å²) in [7, 11) is -1.66. The molecule has 0 amide bonds. The number of benzene rings is 1. The first-order valence-corrected chi connectivity index (χ1v) is 9.53. The van der Waals surface area contributed by atoms with E-state index in [1.807, 2.05) is 12.1 Å². The maximum absolute atomic E-state index is 11.0. The van der Waals surface area contributed by atoms with Crippen LogP contribution in [0.5, 0.6) is 5.75 Å². The smallest absolute Gasteiger partial charge is 0.210 e. The summed E-state index contributed by atoms with van der Waals surface area (Å²) < 4.78 is 27.1. The van der Waals surface area contributed by atoms with Gasteiger partial charge in [0.2, 0.25) is 10.0 Å². The number of methoxy groups -OCH3 is 1. The molecule has 1 fully saturated rings. The molecule has 0 radical (unpaired) electrons. The van der Waals surface area contributed by atoms with Crippen LogP contribution in [0.25, 0.3) is 0 Å². The topological polar surface area (TPSA) is 72.6 Å². The minimum atomic E-state index is -3.34. The van der Waals surface area contributed by atoms with Crippen molar-refractivity contribution in [2.45, 2.75) is 25.7 Å². The van der Waals surface area contributed by atoms with E-state index in [1.165, 1.54) is 12.0 Å². The van der Waals surface area contributed by atoms with Crippen molar-refractivity contribution in [2.24, 2.45) is 11.1 Å². The van der Waals surface area contributed by atoms with E-state index < -0.39 is 10.0 Å². The normalized spacial score (nSPS) is 17.5. The average Bonchev–Trinajstić information content (AvgIpc) is 2.52. The number of sulfonamides is 1. The van der Waals surface area contributed by atoms with E-state index in [9.17, 15) is 8.42 Å². The molecule has 0 bridgehead atoms. The first-order chi connectivity index (χ1) is 10.5. The van der Waals surface area contributed by atoms with Gasteiger partial charge in [-0.05, 0) is 62.4 Å². The number of hydrogen-bond acceptors (Lipinski definition) is 4. The van der Waals surface area contributed by atoms with Crippen molar-refractivity contribution in [1.82, 2.24) is 4.90 Å². The average molecular weight is 326 g/mol. The molecule has 6 heteroatoms. The lowest BCUT2D eigenvalue weighted by molar-refractivity contribution is 0.187. The molecule has 0 saturated carbocycles. The molecule has 2 N–H and O–H groups in total. The second-order valence-electron chi connectivity index (χ2n) is 6.04. The molecule has 0 spiro atoms. The summed E-state index contributed by atoms with van der Waals surface area (Å²) in [6.07, 6.45) is 4.56. The molecule has 1 aromatic rings. The van der Waals surface area contributed by atoms with Crippen molar-refractivity contribution in [3.63, 3.8) is 0 Å². The number of hydrogen-bond donors (Lipinski definition) is 1. The summed E-state index contributed by atoms with van der Waals surface area (Å²) in [6.45, 7) is 2.51. The third-order valence-corrected chi connectivity index (χ3v) is 5.15. The van der Waals surface area contributed by atoms with E-state index in [4.69, 9.17) is 9.88 Å². The zero-order valence-electron chi connectivity index (χ0n) is 13.2. The summed E-state index contributed by atoms with van der Waals surface area (Å²) in [5, 5.41) is 5.05. The number of ether oxygens (including phenoxy) is 1. The molecule has 0 aromatic heterocycles. The van der Waals surface area contributed by atoms with Crippen LogP contribution >= 0.6 is 0 Å². The van der Waals surface area contributed by atoms with E-state index in [2.05, 4.69) is 17.0 Å². The molecule has 1 aliphatic heterocycles. The number of nitrogens with zero attached hydrogens (tertiary/aromatic N) is 1. The Kier molecular flexibility index (Phi) is 6.23. The van der Waals surface area contributed by atoms with Gasteiger partial charge in [0, 0.05) is 6.54 Å². The van der Waals surface area contributed by atoms with Crippen molar-refractivity contribution in [3.05, 3.63) is 29.8 Å². The van der Waals surface area contributed by atoms with Crippen molar-refractivity contribution in [3.8, 4) is 5.75 Å². The molecular formula is C16H26N2O3S. The quantitative estimate of drug-likeness (QED) is 0.826. The van der Waals surface area contributed by atoms with Crippen LogP contribution in [0.1, 0.15) is 24.8 Å². The minimum absolute atomic E-state index is 0.0590. The van der Waals surface area contributed by atoms with Gasteiger partial charge in [-0.2, -0.15) is 0 Å². The van der Waals surface area contributed by atoms with E-state index in [1.54, 1.807) is 7.11 Å². The Morgan fingerprint density at radius 1 is 1.23 bits per heavy atom. The number of aryl methyl sites for hydroxylation is 1. The zero-order valence-corrected chi connectivity index (χ0v) is 14.0. The lowest BCUT2D eigenvalue weighted by atomic mass is 9.90. The van der Waals surface area contributed by atoms with Gasteiger partial charge in [0.25, 0.3) is 0 Å². The minimum Gasteiger partial charge on any atom is -0.497 e. The van der Waals surface area contributed by atoms with Crippen molar-refractivity contribution in [2.75, 3.05) is 32.5 Å². The molecule has 1 saturated heterocycles. The van der Waals surface area contributed by atoms with Gasteiger partial charge in [0.1, 0.15) is 5.75 Å². The SMILES string of the molecule is COc1ccc(CCC2CCN(CCS(N)(=O)=O)CC2)cc1. The Bertz CT molecular complexity index is 549. The fraction of sp³-hybridized carbons (Fsp3) is 0.625. The summed E-state index contributed by atoms with van der Waals surface area (Å²) in [5.74, 6) is 1.68. The molecule has 0 atom stereocenters. The van der Waals surface area contributed by atoms with Crippen molar-refractivity contribution >= 4 is 10.0 Å². The molecule has 124 valence electrons. The maximum atomic E-state index is 11.0. The fourth-order valence-corrected chi connectivity index (χ4v) is 3.43. The lowest BCUT2D eigenvalue weighted by Crippen LogP contribution is -2.38. The maximum Gasteiger partial charge on any atom is 0.210 e. The van der Waals surface area contributed by atoms with Gasteiger partial charge in [0.05, 0.1) is 12.9 Å². The largest absolute Gasteiger partial charge is 0.497 e. The van der Waals surface area contributed by atoms with Gasteiger partial charge >= 0.3 is 0 Å².